The molecule has 0 aliphatic rings. The number of hydrogen-bond donors (Lipinski definition) is 2. The van der Waals surface area contributed by atoms with Crippen LogP contribution >= 0.6 is 23.1 Å². The number of halogens is 1. The summed E-state index contributed by atoms with van der Waals surface area (Å²) in [5.74, 6) is 0.270. The molecule has 5 nitrogen and oxygen atoms in total. The summed E-state index contributed by atoms with van der Waals surface area (Å²) >= 11 is 7.25. The van der Waals surface area contributed by atoms with E-state index in [9.17, 15) is 4.79 Å². The van der Waals surface area contributed by atoms with Crippen molar-refractivity contribution in [1.82, 2.24) is 14.3 Å². The van der Waals surface area contributed by atoms with Crippen LogP contribution in [0.4, 0.5) is 5.95 Å². The first kappa shape index (κ1) is 14.0. The SMILES string of the molecule is CC(C)(C(=O)Nc1nc2ccc(Cl)cc2[nH]1)c1ccns1. The molecule has 3 rings (SSSR count). The molecule has 0 radical (unpaired) electrons. The Morgan fingerprint density at radius 3 is 2.90 bits per heavy atom. The van der Waals surface area contributed by atoms with Crippen LogP contribution < -0.4 is 5.32 Å². The summed E-state index contributed by atoms with van der Waals surface area (Å²) < 4.78 is 4.05. The number of aromatic amines is 1. The fourth-order valence-electron chi connectivity index (χ4n) is 1.95. The molecule has 3 aromatic rings. The minimum atomic E-state index is -0.669. The lowest BCUT2D eigenvalue weighted by atomic mass is 9.90. The van der Waals surface area contributed by atoms with E-state index in [4.69, 9.17) is 11.6 Å². The van der Waals surface area contributed by atoms with Gasteiger partial charge >= 0.3 is 0 Å². The standard InChI is InChI=1S/C14H13ClN4OS/c1-14(2,11-5-6-16-21-11)12(20)19-13-17-9-4-3-8(15)7-10(9)18-13/h3-7H,1-2H3,(H2,17,18,19,20). The minimum absolute atomic E-state index is 0.142. The van der Waals surface area contributed by atoms with Gasteiger partial charge in [-0.2, -0.15) is 0 Å². The first-order valence-corrected chi connectivity index (χ1v) is 7.50. The van der Waals surface area contributed by atoms with Crippen molar-refractivity contribution in [1.29, 1.82) is 0 Å². The van der Waals surface area contributed by atoms with Crippen LogP contribution in [-0.4, -0.2) is 20.2 Å². The van der Waals surface area contributed by atoms with Gasteiger partial charge in [0.05, 0.1) is 16.4 Å². The van der Waals surface area contributed by atoms with E-state index in [0.29, 0.717) is 11.0 Å². The lowest BCUT2D eigenvalue weighted by Crippen LogP contribution is -2.34. The number of carbonyl (C=O) groups is 1. The van der Waals surface area contributed by atoms with E-state index in [-0.39, 0.29) is 5.91 Å². The van der Waals surface area contributed by atoms with Crippen LogP contribution in [0.25, 0.3) is 11.0 Å². The lowest BCUT2D eigenvalue weighted by molar-refractivity contribution is -0.120. The number of hydrogen-bond acceptors (Lipinski definition) is 4. The second-order valence-electron chi connectivity index (χ2n) is 5.20. The molecular formula is C14H13ClN4OS. The van der Waals surface area contributed by atoms with Crippen molar-refractivity contribution in [3.05, 3.63) is 40.4 Å². The number of H-pyrrole nitrogens is 1. The van der Waals surface area contributed by atoms with Gasteiger partial charge in [-0.1, -0.05) is 11.6 Å². The van der Waals surface area contributed by atoms with Crippen molar-refractivity contribution >= 4 is 46.0 Å². The summed E-state index contributed by atoms with van der Waals surface area (Å²) in [7, 11) is 0. The fourth-order valence-corrected chi connectivity index (χ4v) is 2.80. The Kier molecular flexibility index (Phi) is 3.43. The van der Waals surface area contributed by atoms with E-state index in [1.807, 2.05) is 19.9 Å². The highest BCUT2D eigenvalue weighted by molar-refractivity contribution is 7.06. The van der Waals surface area contributed by atoms with Crippen molar-refractivity contribution in [3.63, 3.8) is 0 Å². The maximum Gasteiger partial charge on any atom is 0.237 e. The molecule has 1 aromatic carbocycles. The Hall–Kier alpha value is -1.92. The van der Waals surface area contributed by atoms with Gasteiger partial charge in [0.1, 0.15) is 0 Å². The number of fused-ring (bicyclic) bond motifs is 1. The lowest BCUT2D eigenvalue weighted by Gasteiger charge is -2.20. The van der Waals surface area contributed by atoms with E-state index in [2.05, 4.69) is 19.7 Å². The van der Waals surface area contributed by atoms with Gasteiger partial charge in [-0.15, -0.1) is 0 Å². The molecule has 1 amide bonds. The highest BCUT2D eigenvalue weighted by Crippen LogP contribution is 2.27. The highest BCUT2D eigenvalue weighted by Gasteiger charge is 2.32. The number of rotatable bonds is 3. The van der Waals surface area contributed by atoms with Gasteiger partial charge in [-0.05, 0) is 49.6 Å². The van der Waals surface area contributed by atoms with Gasteiger partial charge in [-0.3, -0.25) is 10.1 Å². The third kappa shape index (κ3) is 2.64. The van der Waals surface area contributed by atoms with E-state index in [0.717, 1.165) is 15.9 Å². The van der Waals surface area contributed by atoms with Crippen LogP contribution in [0.5, 0.6) is 0 Å². The molecule has 0 fully saturated rings. The summed E-state index contributed by atoms with van der Waals surface area (Å²) in [6.07, 6.45) is 1.69. The summed E-state index contributed by atoms with van der Waals surface area (Å²) in [6, 6.07) is 7.19. The molecule has 21 heavy (non-hydrogen) atoms. The molecule has 0 bridgehead atoms. The number of nitrogens with one attached hydrogen (secondary N) is 2. The monoisotopic (exact) mass is 320 g/mol. The van der Waals surface area contributed by atoms with Gasteiger partial charge in [0.2, 0.25) is 11.9 Å². The molecular weight excluding hydrogens is 308 g/mol. The van der Waals surface area contributed by atoms with Crippen molar-refractivity contribution in [2.24, 2.45) is 0 Å². The predicted octanol–water partition coefficient (Wildman–Crippen LogP) is 3.59. The normalized spacial score (nSPS) is 11.8. The molecule has 0 atom stereocenters. The first-order chi connectivity index (χ1) is 9.96. The summed E-state index contributed by atoms with van der Waals surface area (Å²) in [4.78, 5) is 20.7. The Morgan fingerprint density at radius 1 is 1.38 bits per heavy atom. The van der Waals surface area contributed by atoms with Crippen LogP contribution in [0.2, 0.25) is 5.02 Å². The summed E-state index contributed by atoms with van der Waals surface area (Å²) in [6.45, 7) is 3.71. The Morgan fingerprint density at radius 2 is 2.19 bits per heavy atom. The van der Waals surface area contributed by atoms with E-state index < -0.39 is 5.41 Å². The quantitative estimate of drug-likeness (QED) is 0.774. The fraction of sp³-hybridized carbons (Fsp3) is 0.214. The molecule has 7 heteroatoms. The van der Waals surface area contributed by atoms with Gasteiger partial charge in [0.25, 0.3) is 0 Å². The topological polar surface area (TPSA) is 70.7 Å². The zero-order chi connectivity index (χ0) is 15.0. The first-order valence-electron chi connectivity index (χ1n) is 6.35. The van der Waals surface area contributed by atoms with Crippen LogP contribution in [-0.2, 0) is 10.2 Å². The molecule has 0 unspecified atom stereocenters. The molecule has 2 heterocycles. The Balaban J connectivity index is 1.86. The van der Waals surface area contributed by atoms with E-state index in [1.165, 1.54) is 11.5 Å². The third-order valence-corrected chi connectivity index (χ3v) is 4.60. The van der Waals surface area contributed by atoms with Crippen molar-refractivity contribution in [2.75, 3.05) is 5.32 Å². The third-order valence-electron chi connectivity index (χ3n) is 3.30. The number of amides is 1. The molecule has 2 N–H and O–H groups in total. The maximum atomic E-state index is 12.5. The second-order valence-corrected chi connectivity index (χ2v) is 6.47. The molecule has 0 saturated carbocycles. The Bertz CT molecular complexity index is 795. The molecule has 0 aliphatic carbocycles. The number of aromatic nitrogens is 3. The maximum absolute atomic E-state index is 12.5. The summed E-state index contributed by atoms with van der Waals surface area (Å²) in [5.41, 5.74) is 0.872. The molecule has 2 aromatic heterocycles. The van der Waals surface area contributed by atoms with Crippen molar-refractivity contribution in [3.8, 4) is 0 Å². The van der Waals surface area contributed by atoms with Crippen LogP contribution in [0.15, 0.2) is 30.5 Å². The second kappa shape index (κ2) is 5.13. The Labute approximate surface area is 130 Å². The molecule has 0 spiro atoms. The zero-order valence-corrected chi connectivity index (χ0v) is 13.0. The average molecular weight is 321 g/mol. The van der Waals surface area contributed by atoms with Gasteiger partial charge in [0, 0.05) is 16.1 Å². The number of imidazole rings is 1. The number of carbonyl (C=O) groups excluding carboxylic acids is 1. The number of nitrogens with zero attached hydrogens (tertiary/aromatic N) is 2. The van der Waals surface area contributed by atoms with E-state index in [1.54, 1.807) is 24.4 Å². The molecule has 0 saturated heterocycles. The van der Waals surface area contributed by atoms with Crippen molar-refractivity contribution < 1.29 is 4.79 Å². The number of benzene rings is 1. The number of anilines is 1. The molecule has 108 valence electrons. The van der Waals surface area contributed by atoms with Gasteiger partial charge < -0.3 is 4.98 Å². The van der Waals surface area contributed by atoms with Crippen LogP contribution in [0.3, 0.4) is 0 Å². The predicted molar refractivity (Wildman–Crippen MR) is 84.9 cm³/mol. The van der Waals surface area contributed by atoms with Crippen LogP contribution in [0, 0.1) is 0 Å². The smallest absolute Gasteiger partial charge is 0.237 e. The summed E-state index contributed by atoms with van der Waals surface area (Å²) in [5, 5.41) is 3.43. The van der Waals surface area contributed by atoms with E-state index >= 15 is 0 Å². The minimum Gasteiger partial charge on any atom is -0.324 e. The van der Waals surface area contributed by atoms with Gasteiger partial charge in [-0.25, -0.2) is 9.36 Å². The average Bonchev–Trinajstić information content (AvgIpc) is 3.06. The highest BCUT2D eigenvalue weighted by atomic mass is 35.5. The molecule has 0 aliphatic heterocycles. The van der Waals surface area contributed by atoms with Crippen LogP contribution in [0.1, 0.15) is 18.7 Å². The van der Waals surface area contributed by atoms with Gasteiger partial charge in [0.15, 0.2) is 0 Å². The van der Waals surface area contributed by atoms with Crippen molar-refractivity contribution in [2.45, 2.75) is 19.3 Å². The zero-order valence-electron chi connectivity index (χ0n) is 11.5. The largest absolute Gasteiger partial charge is 0.324 e.